The van der Waals surface area contributed by atoms with Crippen molar-refractivity contribution in [1.82, 2.24) is 10.2 Å². The zero-order valence-corrected chi connectivity index (χ0v) is 21.9. The Kier molecular flexibility index (Phi) is 9.35. The number of hydrogen-bond donors (Lipinski definition) is 1. The van der Waals surface area contributed by atoms with Gasteiger partial charge < -0.3 is 15.0 Å². The first-order valence-electron chi connectivity index (χ1n) is 11.5. The summed E-state index contributed by atoms with van der Waals surface area (Å²) in [4.78, 5) is 28.4. The molecule has 8 heteroatoms. The molecule has 0 saturated carbocycles. The molecule has 0 aliphatic carbocycles. The Hall–Kier alpha value is -3.09. The van der Waals surface area contributed by atoms with Crippen molar-refractivity contribution in [3.8, 4) is 5.75 Å². The predicted octanol–water partition coefficient (Wildman–Crippen LogP) is 6.07. The third-order valence-electron chi connectivity index (χ3n) is 5.31. The number of carbonyl (C=O) groups is 2. The highest BCUT2D eigenvalue weighted by Crippen LogP contribution is 2.28. The van der Waals surface area contributed by atoms with Crippen LogP contribution in [-0.2, 0) is 22.6 Å². The summed E-state index contributed by atoms with van der Waals surface area (Å²) in [6, 6.07) is 19.3. The number of rotatable bonds is 9. The maximum absolute atomic E-state index is 14.6. The first-order valence-corrected chi connectivity index (χ1v) is 12.3. The smallest absolute Gasteiger partial charge is 0.261 e. The largest absolute Gasteiger partial charge is 0.482 e. The molecule has 0 aliphatic heterocycles. The molecule has 0 radical (unpaired) electrons. The van der Waals surface area contributed by atoms with Crippen LogP contribution in [0.4, 0.5) is 4.39 Å². The normalized spacial score (nSPS) is 12.1. The Morgan fingerprint density at radius 1 is 1.00 bits per heavy atom. The molecule has 3 aromatic rings. The highest BCUT2D eigenvalue weighted by atomic mass is 35.5. The molecule has 1 atom stereocenters. The van der Waals surface area contributed by atoms with Gasteiger partial charge in [-0.15, -0.1) is 0 Å². The summed E-state index contributed by atoms with van der Waals surface area (Å²) >= 11 is 12.1. The number of nitrogens with zero attached hydrogens (tertiary/aromatic N) is 1. The molecular formula is C28H29Cl2FN2O3. The van der Waals surface area contributed by atoms with Gasteiger partial charge in [0.05, 0.1) is 5.02 Å². The van der Waals surface area contributed by atoms with E-state index in [0.29, 0.717) is 5.02 Å². The lowest BCUT2D eigenvalue weighted by molar-refractivity contribution is -0.143. The average Bonchev–Trinajstić information content (AvgIpc) is 2.81. The van der Waals surface area contributed by atoms with Crippen molar-refractivity contribution < 1.29 is 18.7 Å². The first-order chi connectivity index (χ1) is 17.0. The first kappa shape index (κ1) is 27.5. The van der Waals surface area contributed by atoms with Crippen molar-refractivity contribution in [1.29, 1.82) is 0 Å². The standard InChI is InChI=1S/C28H29Cl2FN2O3/c1-28(2,3)32-27(35)24(15-19-9-5-4-6-10-19)33(17-20-11-7-8-12-23(20)31)26(34)18-36-25-14-13-21(29)16-22(25)30/h4-14,16,24H,15,17-18H2,1-3H3,(H,32,35)/t24-/m1/s1. The minimum absolute atomic E-state index is 0.113. The van der Waals surface area contributed by atoms with Crippen LogP contribution in [0.2, 0.25) is 10.0 Å². The van der Waals surface area contributed by atoms with Crippen LogP contribution in [0, 0.1) is 5.82 Å². The number of carbonyl (C=O) groups excluding carboxylic acids is 2. The quantitative estimate of drug-likeness (QED) is 0.365. The summed E-state index contributed by atoms with van der Waals surface area (Å²) in [6.07, 6.45) is 0.241. The van der Waals surface area contributed by atoms with Crippen molar-refractivity contribution >= 4 is 35.0 Å². The molecule has 2 amide bonds. The van der Waals surface area contributed by atoms with Crippen LogP contribution in [0.1, 0.15) is 31.9 Å². The van der Waals surface area contributed by atoms with E-state index in [1.54, 1.807) is 30.3 Å². The van der Waals surface area contributed by atoms with Crippen molar-refractivity contribution in [3.63, 3.8) is 0 Å². The van der Waals surface area contributed by atoms with Crippen LogP contribution in [0.15, 0.2) is 72.8 Å². The van der Waals surface area contributed by atoms with E-state index in [2.05, 4.69) is 5.32 Å². The molecule has 36 heavy (non-hydrogen) atoms. The number of ether oxygens (including phenoxy) is 1. The molecule has 3 rings (SSSR count). The lowest BCUT2D eigenvalue weighted by Crippen LogP contribution is -2.55. The van der Waals surface area contributed by atoms with Gasteiger partial charge in [-0.05, 0) is 50.6 Å². The molecule has 0 saturated heterocycles. The number of benzene rings is 3. The van der Waals surface area contributed by atoms with E-state index in [1.165, 1.54) is 17.0 Å². The molecule has 0 unspecified atom stereocenters. The highest BCUT2D eigenvalue weighted by Gasteiger charge is 2.33. The van der Waals surface area contributed by atoms with Crippen molar-refractivity contribution in [3.05, 3.63) is 99.8 Å². The molecule has 0 bridgehead atoms. The zero-order valence-electron chi connectivity index (χ0n) is 20.4. The maximum Gasteiger partial charge on any atom is 0.261 e. The van der Waals surface area contributed by atoms with E-state index in [4.69, 9.17) is 27.9 Å². The fourth-order valence-electron chi connectivity index (χ4n) is 3.63. The topological polar surface area (TPSA) is 58.6 Å². The lowest BCUT2D eigenvalue weighted by atomic mass is 10.0. The number of nitrogens with one attached hydrogen (secondary N) is 1. The Morgan fingerprint density at radius 3 is 2.31 bits per heavy atom. The summed E-state index contributed by atoms with van der Waals surface area (Å²) in [5, 5.41) is 3.65. The Balaban J connectivity index is 1.95. The van der Waals surface area contributed by atoms with Gasteiger partial charge in [-0.2, -0.15) is 0 Å². The molecule has 0 fully saturated rings. The second kappa shape index (κ2) is 12.2. The number of hydrogen-bond acceptors (Lipinski definition) is 3. The van der Waals surface area contributed by atoms with Crippen LogP contribution < -0.4 is 10.1 Å². The van der Waals surface area contributed by atoms with Crippen LogP contribution in [0.5, 0.6) is 5.75 Å². The third-order valence-corrected chi connectivity index (χ3v) is 5.84. The summed E-state index contributed by atoms with van der Waals surface area (Å²) < 4.78 is 20.3. The molecule has 5 nitrogen and oxygen atoms in total. The van der Waals surface area contributed by atoms with E-state index >= 15 is 0 Å². The zero-order chi connectivity index (χ0) is 26.3. The van der Waals surface area contributed by atoms with Crippen molar-refractivity contribution in [2.45, 2.75) is 45.3 Å². The van der Waals surface area contributed by atoms with Crippen LogP contribution in [-0.4, -0.2) is 34.9 Å². The van der Waals surface area contributed by atoms with Gasteiger partial charge in [0.25, 0.3) is 5.91 Å². The third kappa shape index (κ3) is 7.97. The van der Waals surface area contributed by atoms with E-state index in [-0.39, 0.29) is 35.2 Å². The molecule has 0 heterocycles. The summed E-state index contributed by atoms with van der Waals surface area (Å²) in [5.74, 6) is -1.03. The number of amides is 2. The van der Waals surface area contributed by atoms with Crippen LogP contribution in [0.3, 0.4) is 0 Å². The molecule has 3 aromatic carbocycles. The predicted molar refractivity (Wildman–Crippen MR) is 141 cm³/mol. The van der Waals surface area contributed by atoms with E-state index in [1.807, 2.05) is 51.1 Å². The molecule has 0 spiro atoms. The Bertz CT molecular complexity index is 1200. The van der Waals surface area contributed by atoms with Crippen molar-refractivity contribution in [2.75, 3.05) is 6.61 Å². The summed E-state index contributed by atoms with van der Waals surface area (Å²) in [7, 11) is 0. The van der Waals surface area contributed by atoms with Crippen LogP contribution in [0.25, 0.3) is 0 Å². The van der Waals surface area contributed by atoms with E-state index in [9.17, 15) is 14.0 Å². The minimum atomic E-state index is -0.914. The highest BCUT2D eigenvalue weighted by molar-refractivity contribution is 6.35. The van der Waals surface area contributed by atoms with Gasteiger partial charge >= 0.3 is 0 Å². The van der Waals surface area contributed by atoms with Crippen molar-refractivity contribution in [2.24, 2.45) is 0 Å². The van der Waals surface area contributed by atoms with Gasteiger partial charge in [0.15, 0.2) is 6.61 Å². The molecule has 1 N–H and O–H groups in total. The van der Waals surface area contributed by atoms with Gasteiger partial charge in [0.1, 0.15) is 17.6 Å². The van der Waals surface area contributed by atoms with Gasteiger partial charge in [0, 0.05) is 29.1 Å². The van der Waals surface area contributed by atoms with Gasteiger partial charge in [-0.3, -0.25) is 9.59 Å². The Labute approximate surface area is 221 Å². The second-order valence-electron chi connectivity index (χ2n) is 9.42. The SMILES string of the molecule is CC(C)(C)NC(=O)[C@@H](Cc1ccccc1)N(Cc1ccccc1F)C(=O)COc1ccc(Cl)cc1Cl. The molecule has 190 valence electrons. The summed E-state index contributed by atoms with van der Waals surface area (Å²) in [5.41, 5.74) is 0.614. The van der Waals surface area contributed by atoms with Gasteiger partial charge in [-0.1, -0.05) is 71.7 Å². The molecule has 0 aliphatic rings. The van der Waals surface area contributed by atoms with Crippen LogP contribution >= 0.6 is 23.2 Å². The lowest BCUT2D eigenvalue weighted by Gasteiger charge is -2.33. The maximum atomic E-state index is 14.6. The van der Waals surface area contributed by atoms with Gasteiger partial charge in [-0.25, -0.2) is 4.39 Å². The average molecular weight is 531 g/mol. The number of halogens is 3. The fourth-order valence-corrected chi connectivity index (χ4v) is 4.09. The second-order valence-corrected chi connectivity index (χ2v) is 10.3. The summed E-state index contributed by atoms with van der Waals surface area (Å²) in [6.45, 7) is 5.07. The van der Waals surface area contributed by atoms with Gasteiger partial charge in [0.2, 0.25) is 5.91 Å². The fraction of sp³-hybridized carbons (Fsp3) is 0.286. The van der Waals surface area contributed by atoms with E-state index in [0.717, 1.165) is 5.56 Å². The molecular weight excluding hydrogens is 502 g/mol. The minimum Gasteiger partial charge on any atom is -0.482 e. The monoisotopic (exact) mass is 530 g/mol. The Morgan fingerprint density at radius 2 is 1.67 bits per heavy atom. The van der Waals surface area contributed by atoms with E-state index < -0.39 is 29.9 Å². The molecule has 0 aromatic heterocycles.